The molecule has 0 saturated heterocycles. The highest BCUT2D eigenvalue weighted by molar-refractivity contribution is 5.65. The Balaban J connectivity index is 2.41. The van der Waals surface area contributed by atoms with E-state index >= 15 is 0 Å². The van der Waals surface area contributed by atoms with Gasteiger partial charge in [0.05, 0.1) is 23.9 Å². The zero-order valence-corrected chi connectivity index (χ0v) is 11.3. The maximum Gasteiger partial charge on any atom is 0.418 e. The van der Waals surface area contributed by atoms with E-state index in [9.17, 15) is 17.6 Å². The summed E-state index contributed by atoms with van der Waals surface area (Å²) in [4.78, 5) is 0. The average molecular weight is 310 g/mol. The Morgan fingerprint density at radius 2 is 1.86 bits per heavy atom. The van der Waals surface area contributed by atoms with Gasteiger partial charge in [-0.25, -0.2) is 4.39 Å². The smallest absolute Gasteiger partial charge is 0.418 e. The second kappa shape index (κ2) is 5.93. The van der Waals surface area contributed by atoms with E-state index in [0.717, 1.165) is 12.1 Å². The molecule has 2 aromatic carbocycles. The molecule has 0 aliphatic rings. The van der Waals surface area contributed by atoms with Gasteiger partial charge in [0.2, 0.25) is 0 Å². The molecule has 114 valence electrons. The predicted octanol–water partition coefficient (Wildman–Crippen LogP) is 4.47. The van der Waals surface area contributed by atoms with E-state index in [1.54, 1.807) is 6.07 Å². The van der Waals surface area contributed by atoms with Crippen LogP contribution >= 0.6 is 0 Å². The number of methoxy groups -OCH3 is 1. The zero-order valence-electron chi connectivity index (χ0n) is 11.3. The number of halogens is 4. The molecule has 2 rings (SSSR count). The number of ether oxygens (including phenoxy) is 1. The van der Waals surface area contributed by atoms with E-state index in [1.165, 1.54) is 31.4 Å². The molecule has 0 spiro atoms. The van der Waals surface area contributed by atoms with Gasteiger partial charge in [-0.05, 0) is 36.4 Å². The summed E-state index contributed by atoms with van der Waals surface area (Å²) in [6, 6.07) is 8.51. The number of alkyl halides is 3. The number of hydrogen-bond acceptors (Lipinski definition) is 3. The predicted molar refractivity (Wildman–Crippen MR) is 72.4 cm³/mol. The Labute approximate surface area is 123 Å². The van der Waals surface area contributed by atoms with Crippen LogP contribution in [0.5, 0.6) is 5.75 Å². The van der Waals surface area contributed by atoms with Crippen LogP contribution in [0.4, 0.5) is 28.9 Å². The van der Waals surface area contributed by atoms with E-state index < -0.39 is 17.6 Å². The van der Waals surface area contributed by atoms with Crippen molar-refractivity contribution in [2.24, 2.45) is 0 Å². The number of nitriles is 1. The molecule has 0 aliphatic heterocycles. The van der Waals surface area contributed by atoms with Gasteiger partial charge in [0, 0.05) is 5.69 Å². The molecular formula is C15H10F4N2O. The fourth-order valence-corrected chi connectivity index (χ4v) is 1.83. The topological polar surface area (TPSA) is 45.0 Å². The van der Waals surface area contributed by atoms with Crippen molar-refractivity contribution in [2.45, 2.75) is 6.18 Å². The number of anilines is 2. The molecule has 0 saturated carbocycles. The van der Waals surface area contributed by atoms with Crippen LogP contribution in [0, 0.1) is 17.1 Å². The van der Waals surface area contributed by atoms with Gasteiger partial charge in [0.1, 0.15) is 17.6 Å². The van der Waals surface area contributed by atoms with E-state index in [4.69, 9.17) is 10.00 Å². The standard InChI is InChI=1S/C15H10F4N2O/c1-22-11-4-5-14(12(7-11)15(17,18)19)21-10-3-2-9(8-20)13(16)6-10/h2-7,21H,1H3. The molecule has 0 radical (unpaired) electrons. The summed E-state index contributed by atoms with van der Waals surface area (Å²) in [6.07, 6.45) is -4.60. The van der Waals surface area contributed by atoms with Crippen LogP contribution < -0.4 is 10.1 Å². The minimum absolute atomic E-state index is 0.0592. The van der Waals surface area contributed by atoms with Gasteiger partial charge in [0.25, 0.3) is 0 Å². The maximum atomic E-state index is 13.5. The molecule has 0 aliphatic carbocycles. The molecule has 3 nitrogen and oxygen atoms in total. The van der Waals surface area contributed by atoms with Gasteiger partial charge >= 0.3 is 6.18 Å². The summed E-state index contributed by atoms with van der Waals surface area (Å²) < 4.78 is 57.4. The molecule has 0 aromatic heterocycles. The second-order valence-corrected chi connectivity index (χ2v) is 4.34. The summed E-state index contributed by atoms with van der Waals surface area (Å²) in [5.41, 5.74) is -1.25. The molecule has 0 amide bonds. The Bertz CT molecular complexity index is 735. The third-order valence-corrected chi connectivity index (χ3v) is 2.90. The van der Waals surface area contributed by atoms with Crippen molar-refractivity contribution < 1.29 is 22.3 Å². The lowest BCUT2D eigenvalue weighted by Gasteiger charge is -2.16. The van der Waals surface area contributed by atoms with Crippen LogP contribution in [0.15, 0.2) is 36.4 Å². The molecule has 1 N–H and O–H groups in total. The number of rotatable bonds is 3. The van der Waals surface area contributed by atoms with Crippen LogP contribution in [-0.4, -0.2) is 7.11 Å². The average Bonchev–Trinajstić information content (AvgIpc) is 2.47. The van der Waals surface area contributed by atoms with Gasteiger partial charge in [0.15, 0.2) is 0 Å². The number of hydrogen-bond donors (Lipinski definition) is 1. The number of nitrogens with one attached hydrogen (secondary N) is 1. The van der Waals surface area contributed by atoms with E-state index in [-0.39, 0.29) is 22.7 Å². The molecule has 0 bridgehead atoms. The lowest BCUT2D eigenvalue weighted by Crippen LogP contribution is -2.09. The summed E-state index contributed by atoms with van der Waals surface area (Å²) in [7, 11) is 1.26. The molecule has 0 fully saturated rings. The monoisotopic (exact) mass is 310 g/mol. The first-order chi connectivity index (χ1) is 10.3. The molecule has 7 heteroatoms. The summed E-state index contributed by atoms with van der Waals surface area (Å²) >= 11 is 0. The first-order valence-electron chi connectivity index (χ1n) is 6.07. The van der Waals surface area contributed by atoms with E-state index in [0.29, 0.717) is 0 Å². The third kappa shape index (κ3) is 3.28. The lowest BCUT2D eigenvalue weighted by molar-refractivity contribution is -0.137. The van der Waals surface area contributed by atoms with Crippen LogP contribution in [0.25, 0.3) is 0 Å². The fourth-order valence-electron chi connectivity index (χ4n) is 1.83. The van der Waals surface area contributed by atoms with Crippen molar-refractivity contribution in [2.75, 3.05) is 12.4 Å². The van der Waals surface area contributed by atoms with Gasteiger partial charge < -0.3 is 10.1 Å². The maximum absolute atomic E-state index is 13.5. The highest BCUT2D eigenvalue weighted by Crippen LogP contribution is 2.38. The molecule has 0 heterocycles. The molecule has 22 heavy (non-hydrogen) atoms. The summed E-state index contributed by atoms with van der Waals surface area (Å²) in [6.45, 7) is 0. The van der Waals surface area contributed by atoms with E-state index in [1.807, 2.05) is 0 Å². The fraction of sp³-hybridized carbons (Fsp3) is 0.133. The van der Waals surface area contributed by atoms with Crippen molar-refractivity contribution >= 4 is 11.4 Å². The largest absolute Gasteiger partial charge is 0.497 e. The molecule has 2 aromatic rings. The SMILES string of the molecule is COc1ccc(Nc2ccc(C#N)c(F)c2)c(C(F)(F)F)c1. The number of benzene rings is 2. The first-order valence-corrected chi connectivity index (χ1v) is 6.07. The van der Waals surface area contributed by atoms with Crippen molar-refractivity contribution in [3.05, 3.63) is 53.3 Å². The highest BCUT2D eigenvalue weighted by atomic mass is 19.4. The normalized spacial score (nSPS) is 10.9. The lowest BCUT2D eigenvalue weighted by atomic mass is 10.1. The van der Waals surface area contributed by atoms with Gasteiger partial charge in [-0.3, -0.25) is 0 Å². The quantitative estimate of drug-likeness (QED) is 0.851. The second-order valence-electron chi connectivity index (χ2n) is 4.34. The molecule has 0 unspecified atom stereocenters. The minimum atomic E-state index is -4.60. The van der Waals surface area contributed by atoms with Crippen LogP contribution in [0.2, 0.25) is 0 Å². The Hall–Kier alpha value is -2.75. The molecular weight excluding hydrogens is 300 g/mol. The number of nitrogens with zero attached hydrogens (tertiary/aromatic N) is 1. The van der Waals surface area contributed by atoms with Crippen molar-refractivity contribution in [3.63, 3.8) is 0 Å². The van der Waals surface area contributed by atoms with Crippen LogP contribution in [0.3, 0.4) is 0 Å². The van der Waals surface area contributed by atoms with Crippen LogP contribution in [0.1, 0.15) is 11.1 Å². The summed E-state index contributed by atoms with van der Waals surface area (Å²) in [5.74, 6) is -0.751. The van der Waals surface area contributed by atoms with Crippen molar-refractivity contribution in [3.8, 4) is 11.8 Å². The Morgan fingerprint density at radius 3 is 2.41 bits per heavy atom. The van der Waals surface area contributed by atoms with Gasteiger partial charge in [-0.15, -0.1) is 0 Å². The van der Waals surface area contributed by atoms with E-state index in [2.05, 4.69) is 5.32 Å². The summed E-state index contributed by atoms with van der Waals surface area (Å²) in [5, 5.41) is 11.1. The van der Waals surface area contributed by atoms with Gasteiger partial charge in [-0.1, -0.05) is 0 Å². The van der Waals surface area contributed by atoms with Crippen LogP contribution in [-0.2, 0) is 6.18 Å². The first kappa shape index (κ1) is 15.6. The zero-order chi connectivity index (χ0) is 16.3. The Kier molecular flexibility index (Phi) is 4.22. The van der Waals surface area contributed by atoms with Crippen molar-refractivity contribution in [1.29, 1.82) is 5.26 Å². The minimum Gasteiger partial charge on any atom is -0.497 e. The van der Waals surface area contributed by atoms with Gasteiger partial charge in [-0.2, -0.15) is 18.4 Å². The highest BCUT2D eigenvalue weighted by Gasteiger charge is 2.34. The molecule has 0 atom stereocenters. The Morgan fingerprint density at radius 1 is 1.14 bits per heavy atom. The third-order valence-electron chi connectivity index (χ3n) is 2.90. The van der Waals surface area contributed by atoms with Crippen molar-refractivity contribution in [1.82, 2.24) is 0 Å².